The Bertz CT molecular complexity index is 472. The highest BCUT2D eigenvalue weighted by molar-refractivity contribution is 9.10. The molecule has 0 radical (unpaired) electrons. The Morgan fingerprint density at radius 1 is 1.39 bits per heavy atom. The largest absolute Gasteiger partial charge is 0.387 e. The van der Waals surface area contributed by atoms with Crippen LogP contribution in [-0.4, -0.2) is 16.1 Å². The molecule has 1 heterocycles. The molecule has 0 amide bonds. The van der Waals surface area contributed by atoms with Gasteiger partial charge in [0.2, 0.25) is 0 Å². The first-order valence-corrected chi connectivity index (χ1v) is 7.38. The summed E-state index contributed by atoms with van der Waals surface area (Å²) < 4.78 is 1.02. The van der Waals surface area contributed by atoms with Crippen molar-refractivity contribution in [3.8, 4) is 0 Å². The number of halogens is 1. The second-order valence-electron chi connectivity index (χ2n) is 4.13. The van der Waals surface area contributed by atoms with E-state index in [1.54, 1.807) is 11.3 Å². The summed E-state index contributed by atoms with van der Waals surface area (Å²) in [6.45, 7) is 2.72. The fourth-order valence-corrected chi connectivity index (χ4v) is 2.46. The Labute approximate surface area is 119 Å². The SMILES string of the molecule is CC(NCc1cncs1)C(O)c1ccc(Br)cc1. The summed E-state index contributed by atoms with van der Waals surface area (Å²) >= 11 is 5.00. The zero-order chi connectivity index (χ0) is 13.0. The zero-order valence-corrected chi connectivity index (χ0v) is 12.4. The van der Waals surface area contributed by atoms with Gasteiger partial charge in [-0.25, -0.2) is 0 Å². The highest BCUT2D eigenvalue weighted by atomic mass is 79.9. The number of hydrogen-bond donors (Lipinski definition) is 2. The number of aliphatic hydroxyl groups is 1. The maximum Gasteiger partial charge on any atom is 0.0940 e. The summed E-state index contributed by atoms with van der Waals surface area (Å²) in [5, 5.41) is 13.5. The van der Waals surface area contributed by atoms with E-state index in [9.17, 15) is 5.11 Å². The lowest BCUT2D eigenvalue weighted by molar-refractivity contribution is 0.135. The van der Waals surface area contributed by atoms with Crippen molar-refractivity contribution in [2.75, 3.05) is 0 Å². The first kappa shape index (κ1) is 13.7. The van der Waals surface area contributed by atoms with Gasteiger partial charge in [-0.2, -0.15) is 0 Å². The number of nitrogens with one attached hydrogen (secondary N) is 1. The molecule has 0 aliphatic carbocycles. The zero-order valence-electron chi connectivity index (χ0n) is 10.0. The van der Waals surface area contributed by atoms with E-state index >= 15 is 0 Å². The third-order valence-electron chi connectivity index (χ3n) is 2.77. The standard InChI is InChI=1S/C13H15BrN2OS/c1-9(16-7-12-6-15-8-18-12)13(17)10-2-4-11(14)5-3-10/h2-6,8-9,13,16-17H,7H2,1H3. The predicted octanol–water partition coefficient (Wildman–Crippen LogP) is 3.12. The normalized spacial score (nSPS) is 14.4. The van der Waals surface area contributed by atoms with Gasteiger partial charge in [-0.3, -0.25) is 4.98 Å². The van der Waals surface area contributed by atoms with Crippen LogP contribution in [0.3, 0.4) is 0 Å². The number of benzene rings is 1. The van der Waals surface area contributed by atoms with Gasteiger partial charge < -0.3 is 10.4 Å². The van der Waals surface area contributed by atoms with Crippen LogP contribution in [0.25, 0.3) is 0 Å². The smallest absolute Gasteiger partial charge is 0.0940 e. The van der Waals surface area contributed by atoms with Crippen molar-refractivity contribution >= 4 is 27.3 Å². The van der Waals surface area contributed by atoms with Crippen LogP contribution in [0, 0.1) is 0 Å². The molecule has 0 aliphatic rings. The van der Waals surface area contributed by atoms with Gasteiger partial charge in [-0.1, -0.05) is 28.1 Å². The van der Waals surface area contributed by atoms with E-state index in [0.29, 0.717) is 0 Å². The summed E-state index contributed by atoms with van der Waals surface area (Å²) in [4.78, 5) is 5.19. The Kier molecular flexibility index (Phi) is 4.88. The number of hydrogen-bond acceptors (Lipinski definition) is 4. The lowest BCUT2D eigenvalue weighted by Gasteiger charge is -2.20. The Morgan fingerprint density at radius 3 is 2.72 bits per heavy atom. The fraction of sp³-hybridized carbons (Fsp3) is 0.308. The van der Waals surface area contributed by atoms with Crippen molar-refractivity contribution in [2.24, 2.45) is 0 Å². The molecule has 0 saturated carbocycles. The van der Waals surface area contributed by atoms with E-state index < -0.39 is 6.10 Å². The second-order valence-corrected chi connectivity index (χ2v) is 6.02. The van der Waals surface area contributed by atoms with E-state index in [4.69, 9.17) is 0 Å². The average Bonchev–Trinajstić information content (AvgIpc) is 2.89. The minimum absolute atomic E-state index is 0.00623. The molecular weight excluding hydrogens is 312 g/mol. The highest BCUT2D eigenvalue weighted by Gasteiger charge is 2.15. The number of aliphatic hydroxyl groups excluding tert-OH is 1. The molecule has 2 unspecified atom stereocenters. The number of nitrogens with zero attached hydrogens (tertiary/aromatic N) is 1. The lowest BCUT2D eigenvalue weighted by atomic mass is 10.0. The topological polar surface area (TPSA) is 45.2 Å². The summed E-state index contributed by atoms with van der Waals surface area (Å²) in [5.74, 6) is 0. The quantitative estimate of drug-likeness (QED) is 0.887. The monoisotopic (exact) mass is 326 g/mol. The van der Waals surface area contributed by atoms with Gasteiger partial charge in [-0.05, 0) is 24.6 Å². The first-order chi connectivity index (χ1) is 8.66. The van der Waals surface area contributed by atoms with Crippen molar-refractivity contribution in [1.82, 2.24) is 10.3 Å². The molecule has 1 aromatic heterocycles. The van der Waals surface area contributed by atoms with Crippen molar-refractivity contribution in [2.45, 2.75) is 25.6 Å². The van der Waals surface area contributed by atoms with Crippen LogP contribution in [0.4, 0.5) is 0 Å². The summed E-state index contributed by atoms with van der Waals surface area (Å²) in [5.41, 5.74) is 2.73. The molecule has 0 spiro atoms. The van der Waals surface area contributed by atoms with E-state index in [-0.39, 0.29) is 6.04 Å². The molecule has 1 aromatic carbocycles. The first-order valence-electron chi connectivity index (χ1n) is 5.71. The average molecular weight is 327 g/mol. The van der Waals surface area contributed by atoms with Crippen LogP contribution < -0.4 is 5.32 Å². The molecule has 5 heteroatoms. The van der Waals surface area contributed by atoms with E-state index in [1.165, 1.54) is 4.88 Å². The summed E-state index contributed by atoms with van der Waals surface area (Å²) in [6, 6.07) is 7.73. The molecule has 0 fully saturated rings. The summed E-state index contributed by atoms with van der Waals surface area (Å²) in [6.07, 6.45) is 1.34. The summed E-state index contributed by atoms with van der Waals surface area (Å²) in [7, 11) is 0. The van der Waals surface area contributed by atoms with Gasteiger partial charge in [0, 0.05) is 28.1 Å². The van der Waals surface area contributed by atoms with Crippen LogP contribution in [0.1, 0.15) is 23.5 Å². The molecule has 18 heavy (non-hydrogen) atoms. The molecule has 0 saturated heterocycles. The van der Waals surface area contributed by atoms with Crippen LogP contribution in [0.2, 0.25) is 0 Å². The van der Waals surface area contributed by atoms with E-state index in [1.807, 2.05) is 42.9 Å². The minimum atomic E-state index is -0.508. The molecule has 2 atom stereocenters. The van der Waals surface area contributed by atoms with E-state index in [2.05, 4.69) is 26.2 Å². The molecule has 96 valence electrons. The van der Waals surface area contributed by atoms with Gasteiger partial charge in [0.05, 0.1) is 11.6 Å². The van der Waals surface area contributed by atoms with Crippen molar-refractivity contribution in [1.29, 1.82) is 0 Å². The molecular formula is C13H15BrN2OS. The van der Waals surface area contributed by atoms with E-state index in [0.717, 1.165) is 16.6 Å². The van der Waals surface area contributed by atoms with Gasteiger partial charge in [0.15, 0.2) is 0 Å². The maximum atomic E-state index is 10.2. The van der Waals surface area contributed by atoms with Crippen LogP contribution in [0.5, 0.6) is 0 Å². The van der Waals surface area contributed by atoms with Gasteiger partial charge in [0.25, 0.3) is 0 Å². The van der Waals surface area contributed by atoms with Crippen LogP contribution >= 0.6 is 27.3 Å². The molecule has 0 aliphatic heterocycles. The van der Waals surface area contributed by atoms with Crippen molar-refractivity contribution < 1.29 is 5.11 Å². The second kappa shape index (κ2) is 6.43. The molecule has 2 aromatic rings. The van der Waals surface area contributed by atoms with Crippen LogP contribution in [-0.2, 0) is 6.54 Å². The van der Waals surface area contributed by atoms with Gasteiger partial charge >= 0.3 is 0 Å². The highest BCUT2D eigenvalue weighted by Crippen LogP contribution is 2.20. The Morgan fingerprint density at radius 2 is 2.11 bits per heavy atom. The maximum absolute atomic E-state index is 10.2. The molecule has 0 bridgehead atoms. The molecule has 2 rings (SSSR count). The molecule has 2 N–H and O–H groups in total. The van der Waals surface area contributed by atoms with Gasteiger partial charge in [0.1, 0.15) is 0 Å². The van der Waals surface area contributed by atoms with Crippen molar-refractivity contribution in [3.63, 3.8) is 0 Å². The minimum Gasteiger partial charge on any atom is -0.387 e. The number of thiazole rings is 1. The number of aromatic nitrogens is 1. The third kappa shape index (κ3) is 3.62. The third-order valence-corrected chi connectivity index (χ3v) is 4.08. The Hall–Kier alpha value is -0.750. The predicted molar refractivity (Wildman–Crippen MR) is 77.5 cm³/mol. The fourth-order valence-electron chi connectivity index (χ4n) is 1.65. The molecule has 3 nitrogen and oxygen atoms in total. The lowest BCUT2D eigenvalue weighted by Crippen LogP contribution is -2.31. The Balaban J connectivity index is 1.91. The van der Waals surface area contributed by atoms with Crippen molar-refractivity contribution in [3.05, 3.63) is 50.9 Å². The number of rotatable bonds is 5. The van der Waals surface area contributed by atoms with Crippen LogP contribution in [0.15, 0.2) is 40.4 Å². The van der Waals surface area contributed by atoms with Gasteiger partial charge in [-0.15, -0.1) is 11.3 Å².